The molecule has 0 radical (unpaired) electrons. The van der Waals surface area contributed by atoms with Crippen molar-refractivity contribution >= 4 is 5.97 Å². The monoisotopic (exact) mass is 279 g/mol. The van der Waals surface area contributed by atoms with Crippen LogP contribution in [0.1, 0.15) is 18.2 Å². The SMILES string of the molecule is CCOC(=O)Cc1nc(OC(F)(F)F)cc(C)c1O. The highest BCUT2D eigenvalue weighted by molar-refractivity contribution is 5.73. The molecule has 1 aromatic heterocycles. The van der Waals surface area contributed by atoms with Crippen LogP contribution in [0.2, 0.25) is 0 Å². The Morgan fingerprint density at radius 3 is 2.63 bits per heavy atom. The number of nitrogens with zero attached hydrogens (tertiary/aromatic N) is 1. The summed E-state index contributed by atoms with van der Waals surface area (Å²) in [6.07, 6.45) is -5.33. The summed E-state index contributed by atoms with van der Waals surface area (Å²) in [6.45, 7) is 3.08. The van der Waals surface area contributed by atoms with Crippen molar-refractivity contribution in [3.05, 3.63) is 17.3 Å². The predicted octanol–water partition coefficient (Wildman–Crippen LogP) is 2.10. The van der Waals surface area contributed by atoms with E-state index in [0.717, 1.165) is 6.07 Å². The second-order valence-corrected chi connectivity index (χ2v) is 3.60. The summed E-state index contributed by atoms with van der Waals surface area (Å²) in [5, 5.41) is 9.63. The number of aromatic nitrogens is 1. The van der Waals surface area contributed by atoms with E-state index in [9.17, 15) is 23.1 Å². The largest absolute Gasteiger partial charge is 0.574 e. The average molecular weight is 279 g/mol. The highest BCUT2D eigenvalue weighted by Crippen LogP contribution is 2.28. The molecule has 1 N–H and O–H groups in total. The van der Waals surface area contributed by atoms with Gasteiger partial charge in [0.2, 0.25) is 5.88 Å². The standard InChI is InChI=1S/C11H12F3NO4/c1-3-18-9(16)5-7-10(17)6(2)4-8(15-7)19-11(12,13)14/h4,17H,3,5H2,1-2H3. The van der Waals surface area contributed by atoms with Gasteiger partial charge in [-0.25, -0.2) is 4.98 Å². The number of halogens is 3. The molecule has 5 nitrogen and oxygen atoms in total. The van der Waals surface area contributed by atoms with Gasteiger partial charge in [0.1, 0.15) is 5.75 Å². The zero-order chi connectivity index (χ0) is 14.6. The lowest BCUT2D eigenvalue weighted by Gasteiger charge is -2.12. The minimum Gasteiger partial charge on any atom is -0.506 e. The first-order chi connectivity index (χ1) is 8.73. The third-order valence-corrected chi connectivity index (χ3v) is 2.07. The van der Waals surface area contributed by atoms with Gasteiger partial charge >= 0.3 is 12.3 Å². The van der Waals surface area contributed by atoms with Gasteiger partial charge in [0.15, 0.2) is 0 Å². The van der Waals surface area contributed by atoms with Crippen molar-refractivity contribution in [1.82, 2.24) is 4.98 Å². The smallest absolute Gasteiger partial charge is 0.506 e. The number of aromatic hydroxyl groups is 1. The lowest BCUT2D eigenvalue weighted by atomic mass is 10.2. The van der Waals surface area contributed by atoms with E-state index in [0.29, 0.717) is 0 Å². The molecule has 0 aliphatic heterocycles. The summed E-state index contributed by atoms with van der Waals surface area (Å²) >= 11 is 0. The van der Waals surface area contributed by atoms with E-state index >= 15 is 0 Å². The molecule has 0 unspecified atom stereocenters. The summed E-state index contributed by atoms with van der Waals surface area (Å²) in [5.74, 6) is -1.79. The number of hydrogen-bond donors (Lipinski definition) is 1. The topological polar surface area (TPSA) is 68.7 Å². The molecule has 1 aromatic rings. The lowest BCUT2D eigenvalue weighted by Crippen LogP contribution is -2.19. The lowest BCUT2D eigenvalue weighted by molar-refractivity contribution is -0.276. The molecule has 0 amide bonds. The van der Waals surface area contributed by atoms with Crippen molar-refractivity contribution < 1.29 is 32.5 Å². The molecular weight excluding hydrogens is 267 g/mol. The molecule has 1 heterocycles. The van der Waals surface area contributed by atoms with E-state index in [1.165, 1.54) is 6.92 Å². The Morgan fingerprint density at radius 2 is 2.11 bits per heavy atom. The second kappa shape index (κ2) is 5.77. The van der Waals surface area contributed by atoms with Gasteiger partial charge in [-0.05, 0) is 19.4 Å². The van der Waals surface area contributed by atoms with Crippen LogP contribution >= 0.6 is 0 Å². The maximum absolute atomic E-state index is 12.1. The van der Waals surface area contributed by atoms with Crippen molar-refractivity contribution in [3.63, 3.8) is 0 Å². The highest BCUT2D eigenvalue weighted by Gasteiger charge is 2.32. The Bertz CT molecular complexity index is 474. The number of aryl methyl sites for hydroxylation is 1. The molecule has 8 heteroatoms. The first kappa shape index (κ1) is 15.1. The van der Waals surface area contributed by atoms with E-state index < -0.39 is 24.6 Å². The van der Waals surface area contributed by atoms with Crippen molar-refractivity contribution in [3.8, 4) is 11.6 Å². The molecular formula is C11H12F3NO4. The second-order valence-electron chi connectivity index (χ2n) is 3.60. The van der Waals surface area contributed by atoms with Gasteiger partial charge in [-0.2, -0.15) is 0 Å². The van der Waals surface area contributed by atoms with Gasteiger partial charge in [-0.1, -0.05) is 0 Å². The van der Waals surface area contributed by atoms with E-state index in [1.54, 1.807) is 6.92 Å². The number of alkyl halides is 3. The number of carbonyl (C=O) groups excluding carboxylic acids is 1. The van der Waals surface area contributed by atoms with Crippen LogP contribution in [0.25, 0.3) is 0 Å². The van der Waals surface area contributed by atoms with E-state index in [4.69, 9.17) is 0 Å². The van der Waals surface area contributed by atoms with Crippen LogP contribution in [0, 0.1) is 6.92 Å². The third kappa shape index (κ3) is 4.65. The van der Waals surface area contributed by atoms with Gasteiger partial charge < -0.3 is 14.6 Å². The fourth-order valence-corrected chi connectivity index (χ4v) is 1.34. The van der Waals surface area contributed by atoms with E-state index in [2.05, 4.69) is 14.5 Å². The molecule has 0 aliphatic rings. The van der Waals surface area contributed by atoms with Gasteiger partial charge in [-0.15, -0.1) is 13.2 Å². The van der Waals surface area contributed by atoms with Crippen LogP contribution in [-0.4, -0.2) is 29.0 Å². The van der Waals surface area contributed by atoms with Crippen molar-refractivity contribution in [2.45, 2.75) is 26.6 Å². The summed E-state index contributed by atoms with van der Waals surface area (Å²) in [7, 11) is 0. The Labute approximate surface area is 107 Å². The minimum absolute atomic E-state index is 0.119. The average Bonchev–Trinajstić information content (AvgIpc) is 2.23. The van der Waals surface area contributed by atoms with Crippen LogP contribution in [-0.2, 0) is 16.0 Å². The molecule has 0 spiro atoms. The Hall–Kier alpha value is -1.99. The number of ether oxygens (including phenoxy) is 2. The fraction of sp³-hybridized carbons (Fsp3) is 0.455. The Kier molecular flexibility index (Phi) is 4.57. The van der Waals surface area contributed by atoms with E-state index in [-0.39, 0.29) is 23.6 Å². The van der Waals surface area contributed by atoms with Crippen LogP contribution in [0.4, 0.5) is 13.2 Å². The normalized spacial score (nSPS) is 11.2. The summed E-state index contributed by atoms with van der Waals surface area (Å²) < 4.78 is 44.5. The van der Waals surface area contributed by atoms with Crippen LogP contribution < -0.4 is 4.74 Å². The Morgan fingerprint density at radius 1 is 1.47 bits per heavy atom. The zero-order valence-corrected chi connectivity index (χ0v) is 10.2. The molecule has 0 saturated heterocycles. The first-order valence-electron chi connectivity index (χ1n) is 5.33. The summed E-state index contributed by atoms with van der Waals surface area (Å²) in [6, 6.07) is 0.928. The highest BCUT2D eigenvalue weighted by atomic mass is 19.4. The molecule has 0 atom stereocenters. The Balaban J connectivity index is 3.00. The summed E-state index contributed by atoms with van der Waals surface area (Å²) in [5.41, 5.74) is -0.105. The number of hydrogen-bond acceptors (Lipinski definition) is 5. The van der Waals surface area contributed by atoms with Gasteiger partial charge in [0.25, 0.3) is 0 Å². The predicted molar refractivity (Wildman–Crippen MR) is 57.7 cm³/mol. The number of esters is 1. The molecule has 0 saturated carbocycles. The molecule has 0 aliphatic carbocycles. The molecule has 0 bridgehead atoms. The first-order valence-corrected chi connectivity index (χ1v) is 5.33. The van der Waals surface area contributed by atoms with Crippen molar-refractivity contribution in [1.29, 1.82) is 0 Å². The summed E-state index contributed by atoms with van der Waals surface area (Å²) in [4.78, 5) is 14.7. The quantitative estimate of drug-likeness (QED) is 0.855. The molecule has 1 rings (SSSR count). The molecule has 106 valence electrons. The number of pyridine rings is 1. The van der Waals surface area contributed by atoms with E-state index in [1.807, 2.05) is 0 Å². The van der Waals surface area contributed by atoms with Crippen molar-refractivity contribution in [2.75, 3.05) is 6.61 Å². The molecule has 0 aromatic carbocycles. The molecule has 19 heavy (non-hydrogen) atoms. The maximum atomic E-state index is 12.1. The minimum atomic E-state index is -4.89. The maximum Gasteiger partial charge on any atom is 0.574 e. The van der Waals surface area contributed by atoms with Gasteiger partial charge in [0.05, 0.1) is 18.7 Å². The third-order valence-electron chi connectivity index (χ3n) is 2.07. The van der Waals surface area contributed by atoms with Crippen LogP contribution in [0.3, 0.4) is 0 Å². The fourth-order valence-electron chi connectivity index (χ4n) is 1.34. The van der Waals surface area contributed by atoms with Crippen molar-refractivity contribution in [2.24, 2.45) is 0 Å². The zero-order valence-electron chi connectivity index (χ0n) is 10.2. The van der Waals surface area contributed by atoms with Crippen LogP contribution in [0.15, 0.2) is 6.07 Å². The molecule has 0 fully saturated rings. The van der Waals surface area contributed by atoms with Crippen LogP contribution in [0.5, 0.6) is 11.6 Å². The number of carbonyl (C=O) groups is 1. The van der Waals surface area contributed by atoms with Gasteiger partial charge in [-0.3, -0.25) is 4.79 Å². The number of rotatable bonds is 4. The van der Waals surface area contributed by atoms with Gasteiger partial charge in [0, 0.05) is 6.07 Å².